The molecule has 0 bridgehead atoms. The van der Waals surface area contributed by atoms with Crippen molar-refractivity contribution in [3.8, 4) is 11.6 Å². The highest BCUT2D eigenvalue weighted by atomic mass is 16.5. The van der Waals surface area contributed by atoms with Gasteiger partial charge in [-0.3, -0.25) is 14.3 Å². The molecule has 12 nitrogen and oxygen atoms in total. The maximum absolute atomic E-state index is 12.7. The molecular weight excluding hydrogens is 502 g/mol. The van der Waals surface area contributed by atoms with Crippen molar-refractivity contribution >= 4 is 34.9 Å². The third-order valence-corrected chi connectivity index (χ3v) is 5.72. The fourth-order valence-corrected chi connectivity index (χ4v) is 3.63. The zero-order chi connectivity index (χ0) is 28.1. The summed E-state index contributed by atoms with van der Waals surface area (Å²) in [6.45, 7) is 5.40. The smallest absolute Gasteiger partial charge is 0.327 e. The molecule has 3 heterocycles. The van der Waals surface area contributed by atoms with Gasteiger partial charge in [-0.15, -0.1) is 5.10 Å². The maximum Gasteiger partial charge on any atom is 0.327 e. The molecular formula is C27H29N7O5. The second-order valence-electron chi connectivity index (χ2n) is 9.03. The largest absolute Gasteiger partial charge is 0.478 e. The van der Waals surface area contributed by atoms with E-state index in [4.69, 9.17) is 9.84 Å². The van der Waals surface area contributed by atoms with Gasteiger partial charge in [0, 0.05) is 36.9 Å². The topological polar surface area (TPSA) is 153 Å². The number of benzene rings is 1. The number of rotatable bonds is 7. The summed E-state index contributed by atoms with van der Waals surface area (Å²) in [6.07, 6.45) is 6.06. The number of aromatic nitrogens is 5. The highest BCUT2D eigenvalue weighted by Gasteiger charge is 2.30. The van der Waals surface area contributed by atoms with Crippen LogP contribution in [-0.2, 0) is 16.6 Å². The fraction of sp³-hybridized carbons (Fsp3) is 0.259. The number of nitrogens with zero attached hydrogens (tertiary/aromatic N) is 5. The Balaban J connectivity index is 0.000000531. The first-order valence-electron chi connectivity index (χ1n) is 12.3. The molecule has 0 saturated heterocycles. The van der Waals surface area contributed by atoms with Gasteiger partial charge in [0.25, 0.3) is 5.91 Å². The number of nitrogens with one attached hydrogen (secondary N) is 2. The van der Waals surface area contributed by atoms with Gasteiger partial charge in [-0.25, -0.2) is 14.3 Å². The van der Waals surface area contributed by atoms with Gasteiger partial charge in [0.1, 0.15) is 11.4 Å². The second-order valence-corrected chi connectivity index (χ2v) is 9.03. The molecule has 12 heteroatoms. The third-order valence-electron chi connectivity index (χ3n) is 5.72. The van der Waals surface area contributed by atoms with Crippen molar-refractivity contribution in [3.05, 3.63) is 71.7 Å². The normalized spacial score (nSPS) is 12.6. The van der Waals surface area contributed by atoms with Crippen LogP contribution in [-0.4, -0.2) is 47.3 Å². The molecule has 3 aromatic heterocycles. The van der Waals surface area contributed by atoms with E-state index in [-0.39, 0.29) is 17.7 Å². The summed E-state index contributed by atoms with van der Waals surface area (Å²) in [7, 11) is 1.73. The van der Waals surface area contributed by atoms with Gasteiger partial charge < -0.3 is 20.5 Å². The molecule has 1 fully saturated rings. The van der Waals surface area contributed by atoms with Crippen LogP contribution in [0.25, 0.3) is 5.65 Å². The monoisotopic (exact) mass is 531 g/mol. The molecule has 0 atom stereocenters. The Labute approximate surface area is 224 Å². The van der Waals surface area contributed by atoms with Crippen LogP contribution in [0.1, 0.15) is 41.5 Å². The summed E-state index contributed by atoms with van der Waals surface area (Å²) >= 11 is 0. The van der Waals surface area contributed by atoms with E-state index in [0.29, 0.717) is 34.5 Å². The highest BCUT2D eigenvalue weighted by Crippen LogP contribution is 2.30. The van der Waals surface area contributed by atoms with Gasteiger partial charge in [-0.2, -0.15) is 5.10 Å². The van der Waals surface area contributed by atoms with E-state index in [2.05, 4.69) is 25.8 Å². The standard InChI is InChI=1S/C23H23N7O3.C4H6O2/c1-13-4-7-16(11-17(13)24-23(32)18-10-14(2)27-29(18)3)33-21-9-8-20-25-19(12-30(20)28-21)26-22(31)15-5-6-15;1-2-3-4(5)6/h4,7-12,15H,5-6H2,1-3H3,(H,24,32)(H,26,31);2-3H,1H3,(H,5,6)/b;3-2+. The predicted octanol–water partition coefficient (Wildman–Crippen LogP) is 4.12. The van der Waals surface area contributed by atoms with Gasteiger partial charge >= 0.3 is 5.97 Å². The predicted molar refractivity (Wildman–Crippen MR) is 144 cm³/mol. The summed E-state index contributed by atoms with van der Waals surface area (Å²) in [5, 5.41) is 22.2. The molecule has 5 rings (SSSR count). The average Bonchev–Trinajstić information content (AvgIpc) is 3.57. The number of fused-ring (bicyclic) bond motifs is 1. The highest BCUT2D eigenvalue weighted by molar-refractivity contribution is 6.03. The van der Waals surface area contributed by atoms with E-state index < -0.39 is 5.97 Å². The van der Waals surface area contributed by atoms with E-state index in [1.54, 1.807) is 59.7 Å². The van der Waals surface area contributed by atoms with Crippen molar-refractivity contribution in [2.45, 2.75) is 33.6 Å². The minimum absolute atomic E-state index is 0.00889. The number of hydrogen-bond acceptors (Lipinski definition) is 7. The number of aryl methyl sites for hydroxylation is 3. The Hall–Kier alpha value is -5.00. The zero-order valence-electron chi connectivity index (χ0n) is 22.0. The van der Waals surface area contributed by atoms with E-state index in [1.165, 1.54) is 6.08 Å². The molecule has 0 unspecified atom stereocenters. The van der Waals surface area contributed by atoms with E-state index in [0.717, 1.165) is 30.2 Å². The quantitative estimate of drug-likeness (QED) is 0.301. The Morgan fingerprint density at radius 2 is 1.85 bits per heavy atom. The van der Waals surface area contributed by atoms with Crippen molar-refractivity contribution in [2.75, 3.05) is 10.6 Å². The lowest BCUT2D eigenvalue weighted by Gasteiger charge is -2.11. The summed E-state index contributed by atoms with van der Waals surface area (Å²) in [6, 6.07) is 10.6. The zero-order valence-corrected chi connectivity index (χ0v) is 22.0. The molecule has 1 aliphatic rings. The van der Waals surface area contributed by atoms with Crippen LogP contribution in [0.5, 0.6) is 11.6 Å². The first-order chi connectivity index (χ1) is 18.6. The number of carboxylic acid groups (broad SMARTS) is 1. The minimum atomic E-state index is -0.891. The molecule has 4 aromatic rings. The van der Waals surface area contributed by atoms with Crippen LogP contribution in [0, 0.1) is 19.8 Å². The van der Waals surface area contributed by atoms with Gasteiger partial charge in [-0.1, -0.05) is 12.1 Å². The summed E-state index contributed by atoms with van der Waals surface area (Å²) in [5.41, 5.74) is 3.35. The van der Waals surface area contributed by atoms with Crippen LogP contribution >= 0.6 is 0 Å². The first-order valence-corrected chi connectivity index (χ1v) is 12.3. The fourth-order valence-electron chi connectivity index (χ4n) is 3.63. The SMILES string of the molecule is C/C=C/C(=O)O.Cc1cc(C(=O)Nc2cc(Oc3ccc4nc(NC(=O)C5CC5)cn4n3)ccc2C)n(C)n1. The Morgan fingerprint density at radius 3 is 2.46 bits per heavy atom. The van der Waals surface area contributed by atoms with Crippen molar-refractivity contribution < 1.29 is 24.2 Å². The van der Waals surface area contributed by atoms with E-state index in [9.17, 15) is 14.4 Å². The Bertz CT molecular complexity index is 1570. The van der Waals surface area contributed by atoms with Gasteiger partial charge in [-0.05, 0) is 57.4 Å². The number of carboxylic acids is 1. The molecule has 3 N–H and O–H groups in total. The number of carbonyl (C=O) groups is 3. The molecule has 0 radical (unpaired) electrons. The number of amides is 2. The van der Waals surface area contributed by atoms with Crippen LogP contribution in [0.15, 0.2) is 54.7 Å². The summed E-state index contributed by atoms with van der Waals surface area (Å²) in [5.74, 6) is 0.275. The molecule has 1 aliphatic carbocycles. The van der Waals surface area contributed by atoms with Gasteiger partial charge in [0.2, 0.25) is 11.8 Å². The molecule has 1 saturated carbocycles. The lowest BCUT2D eigenvalue weighted by atomic mass is 10.2. The van der Waals surface area contributed by atoms with Crippen molar-refractivity contribution in [3.63, 3.8) is 0 Å². The molecule has 0 aliphatic heterocycles. The lowest BCUT2D eigenvalue weighted by molar-refractivity contribution is -0.131. The lowest BCUT2D eigenvalue weighted by Crippen LogP contribution is -2.16. The maximum atomic E-state index is 12.7. The molecule has 2 amide bonds. The number of carbonyl (C=O) groups excluding carboxylic acids is 2. The summed E-state index contributed by atoms with van der Waals surface area (Å²) < 4.78 is 9.02. The van der Waals surface area contributed by atoms with Crippen LogP contribution in [0.3, 0.4) is 0 Å². The molecule has 1 aromatic carbocycles. The number of ether oxygens (including phenoxy) is 1. The van der Waals surface area contributed by atoms with Crippen LogP contribution < -0.4 is 15.4 Å². The molecule has 202 valence electrons. The van der Waals surface area contributed by atoms with Gasteiger partial charge in [0.15, 0.2) is 11.5 Å². The van der Waals surface area contributed by atoms with Crippen LogP contribution in [0.2, 0.25) is 0 Å². The number of anilines is 2. The first kappa shape index (κ1) is 27.0. The average molecular weight is 532 g/mol. The Kier molecular flexibility index (Phi) is 8.04. The number of allylic oxidation sites excluding steroid dienone is 1. The summed E-state index contributed by atoms with van der Waals surface area (Å²) in [4.78, 5) is 38.5. The Morgan fingerprint density at radius 1 is 1.08 bits per heavy atom. The van der Waals surface area contributed by atoms with Crippen molar-refractivity contribution in [1.29, 1.82) is 0 Å². The molecule has 0 spiro atoms. The van der Waals surface area contributed by atoms with E-state index >= 15 is 0 Å². The van der Waals surface area contributed by atoms with Crippen molar-refractivity contribution in [2.24, 2.45) is 13.0 Å². The molecule has 39 heavy (non-hydrogen) atoms. The van der Waals surface area contributed by atoms with E-state index in [1.807, 2.05) is 19.9 Å². The number of hydrogen-bond donors (Lipinski definition) is 3. The van der Waals surface area contributed by atoms with Crippen LogP contribution in [0.4, 0.5) is 11.5 Å². The second kappa shape index (κ2) is 11.6. The number of aliphatic carboxylic acids is 1. The minimum Gasteiger partial charge on any atom is -0.478 e. The number of imidazole rings is 1. The van der Waals surface area contributed by atoms with Gasteiger partial charge in [0.05, 0.1) is 11.9 Å². The third kappa shape index (κ3) is 7.06. The van der Waals surface area contributed by atoms with Crippen molar-refractivity contribution in [1.82, 2.24) is 24.4 Å².